The highest BCUT2D eigenvalue weighted by Gasteiger charge is 2.24. The van der Waals surface area contributed by atoms with E-state index in [1.54, 1.807) is 4.90 Å². The number of carbonyl (C=O) groups is 2. The molecule has 11 nitrogen and oxygen atoms in total. The summed E-state index contributed by atoms with van der Waals surface area (Å²) in [6.45, 7) is 7.50. The van der Waals surface area contributed by atoms with Crippen LogP contribution in [0.3, 0.4) is 0 Å². The summed E-state index contributed by atoms with van der Waals surface area (Å²) in [6.07, 6.45) is 34.3. The van der Waals surface area contributed by atoms with Crippen molar-refractivity contribution in [2.75, 3.05) is 66.7 Å². The third-order valence-corrected chi connectivity index (χ3v) is 10.8. The van der Waals surface area contributed by atoms with E-state index in [1.807, 2.05) is 7.05 Å². The van der Waals surface area contributed by atoms with Gasteiger partial charge in [-0.05, 0) is 12.8 Å². The fraction of sp³-hybridized carbons (Fsp3) is 0.952. The minimum Gasteiger partial charge on any atom is -0.726 e. The van der Waals surface area contributed by atoms with Gasteiger partial charge >= 0.3 is 5.97 Å². The van der Waals surface area contributed by atoms with Gasteiger partial charge in [-0.3, -0.25) is 13.8 Å². The quantitative estimate of drug-likeness (QED) is 0.0204. The molecule has 0 aliphatic heterocycles. The van der Waals surface area contributed by atoms with E-state index < -0.39 is 10.4 Å². The Kier molecular flexibility index (Phi) is 40.5. The Morgan fingerprint density at radius 3 is 1.30 bits per heavy atom. The highest BCUT2D eigenvalue weighted by Crippen LogP contribution is 2.15. The number of aliphatic hydroxyl groups excluding tert-OH is 2. The lowest BCUT2D eigenvalue weighted by molar-refractivity contribution is -0.909. The smallest absolute Gasteiger partial charge is 0.305 e. The van der Waals surface area contributed by atoms with Crippen LogP contribution >= 0.6 is 0 Å². The van der Waals surface area contributed by atoms with Gasteiger partial charge in [-0.15, -0.1) is 0 Å². The first-order valence-corrected chi connectivity index (χ1v) is 23.3. The Morgan fingerprint density at radius 1 is 0.574 bits per heavy atom. The molecule has 0 saturated carbocycles. The first kappa shape index (κ1) is 54.8. The van der Waals surface area contributed by atoms with Gasteiger partial charge in [-0.1, -0.05) is 168 Å². The minimum absolute atomic E-state index is 0.0380. The minimum atomic E-state index is -4.41. The number of aliphatic hydroxyl groups is 2. The Bertz CT molecular complexity index is 939. The zero-order valence-electron chi connectivity index (χ0n) is 35.5. The maximum Gasteiger partial charge on any atom is 0.305 e. The second-order valence-corrected chi connectivity index (χ2v) is 16.5. The molecule has 1 unspecified atom stereocenters. The average Bonchev–Trinajstić information content (AvgIpc) is 3.14. The van der Waals surface area contributed by atoms with Crippen LogP contribution in [0.15, 0.2) is 0 Å². The molecule has 0 radical (unpaired) electrons. The van der Waals surface area contributed by atoms with Gasteiger partial charge in [0.2, 0.25) is 16.3 Å². The zero-order valence-corrected chi connectivity index (χ0v) is 36.3. The van der Waals surface area contributed by atoms with Crippen molar-refractivity contribution in [2.24, 2.45) is 0 Å². The predicted octanol–water partition coefficient (Wildman–Crippen LogP) is 8.85. The Balaban J connectivity index is 0. The van der Waals surface area contributed by atoms with Gasteiger partial charge in [0.05, 0.1) is 40.5 Å². The molecule has 0 aliphatic carbocycles. The number of nitrogens with zero attached hydrogens (tertiary/aromatic N) is 2. The summed E-state index contributed by atoms with van der Waals surface area (Å²) in [5.74, 6) is -0.0320. The lowest BCUT2D eigenvalue weighted by atomic mass is 10.0. The maximum atomic E-state index is 13.0. The molecule has 0 bridgehead atoms. The van der Waals surface area contributed by atoms with E-state index in [0.717, 1.165) is 32.8 Å². The van der Waals surface area contributed by atoms with Gasteiger partial charge < -0.3 is 28.9 Å². The first-order valence-electron chi connectivity index (χ1n) is 22.0. The summed E-state index contributed by atoms with van der Waals surface area (Å²) in [7, 11) is -1.56. The van der Waals surface area contributed by atoms with Crippen LogP contribution in [0.1, 0.15) is 194 Å². The molecule has 0 aromatic heterocycles. The number of quaternary nitrogens is 1. The van der Waals surface area contributed by atoms with Crippen LogP contribution in [0.5, 0.6) is 0 Å². The number of carbonyl (C=O) groups excluding carboxylic acids is 2. The fourth-order valence-corrected chi connectivity index (χ4v) is 6.61. The SMILES string of the molecule is CCCCCCCCCCCCCCCC(=O)OCC[N+](C)(CCO)CCN(CCO)C(=O)CCCCCCCCCCCCCCC.COS(=O)(=O)[O-]. The molecule has 2 N–H and O–H groups in total. The first-order chi connectivity index (χ1) is 26.0. The number of hydrogen-bond acceptors (Lipinski definition) is 9. The standard InChI is InChI=1S/C41H83N2O5.CH4O4S/c1-4-6-8-10-12-14-16-18-20-22-24-26-28-30-40(46)42(33-37-44)32-34-43(3,35-38-45)36-39-48-41(47)31-29-27-25-23-21-19-17-15-13-11-9-7-5-2;1-5-6(2,3)4/h44-45H,4-39H2,1-3H3;1H3,(H,2,3,4)/q+1;/p-1. The largest absolute Gasteiger partial charge is 0.726 e. The second-order valence-electron chi connectivity index (χ2n) is 15.4. The average molecular weight is 795 g/mol. The van der Waals surface area contributed by atoms with Crippen molar-refractivity contribution in [3.8, 4) is 0 Å². The van der Waals surface area contributed by atoms with Crippen molar-refractivity contribution in [3.63, 3.8) is 0 Å². The van der Waals surface area contributed by atoms with E-state index in [-0.39, 0.29) is 25.1 Å². The van der Waals surface area contributed by atoms with Crippen LogP contribution in [0, 0.1) is 0 Å². The van der Waals surface area contributed by atoms with Crippen molar-refractivity contribution < 1.29 is 46.2 Å². The monoisotopic (exact) mass is 795 g/mol. The summed E-state index contributed by atoms with van der Waals surface area (Å²) in [5.41, 5.74) is 0. The van der Waals surface area contributed by atoms with E-state index in [1.165, 1.54) is 141 Å². The molecule has 0 heterocycles. The van der Waals surface area contributed by atoms with Crippen molar-refractivity contribution >= 4 is 22.3 Å². The molecule has 324 valence electrons. The summed E-state index contributed by atoms with van der Waals surface area (Å²) in [5, 5.41) is 19.3. The van der Waals surface area contributed by atoms with Crippen LogP contribution in [0.2, 0.25) is 0 Å². The third-order valence-electron chi connectivity index (χ3n) is 10.3. The molecule has 54 heavy (non-hydrogen) atoms. The molecule has 0 rings (SSSR count). The van der Waals surface area contributed by atoms with E-state index >= 15 is 0 Å². The molecule has 0 saturated heterocycles. The molecule has 0 aromatic rings. The van der Waals surface area contributed by atoms with E-state index in [4.69, 9.17) is 4.74 Å². The van der Waals surface area contributed by atoms with Crippen molar-refractivity contribution in [3.05, 3.63) is 0 Å². The van der Waals surface area contributed by atoms with E-state index in [2.05, 4.69) is 18.0 Å². The van der Waals surface area contributed by atoms with Crippen LogP contribution in [0.25, 0.3) is 0 Å². The van der Waals surface area contributed by atoms with Crippen molar-refractivity contribution in [1.82, 2.24) is 4.90 Å². The molecule has 0 fully saturated rings. The van der Waals surface area contributed by atoms with Gasteiger partial charge in [0.1, 0.15) is 19.7 Å². The molecule has 0 spiro atoms. The normalized spacial score (nSPS) is 12.6. The Hall–Kier alpha value is -1.31. The third kappa shape index (κ3) is 40.4. The highest BCUT2D eigenvalue weighted by molar-refractivity contribution is 7.80. The number of amides is 1. The van der Waals surface area contributed by atoms with Crippen molar-refractivity contribution in [2.45, 2.75) is 194 Å². The molecule has 0 aliphatic rings. The number of esters is 1. The summed E-state index contributed by atoms with van der Waals surface area (Å²) in [4.78, 5) is 27.1. The van der Waals surface area contributed by atoms with Crippen LogP contribution in [-0.2, 0) is 28.9 Å². The Morgan fingerprint density at radius 2 is 0.944 bits per heavy atom. The molecule has 12 heteroatoms. The summed E-state index contributed by atoms with van der Waals surface area (Å²) < 4.78 is 37.1. The number of likely N-dealkylation sites (N-methyl/N-ethyl adjacent to an activating group) is 1. The van der Waals surface area contributed by atoms with Gasteiger partial charge in [0.15, 0.2) is 0 Å². The van der Waals surface area contributed by atoms with E-state index in [9.17, 15) is 32.8 Å². The van der Waals surface area contributed by atoms with Gasteiger partial charge in [0.25, 0.3) is 0 Å². The number of ether oxygens (including phenoxy) is 1. The molecule has 0 aromatic carbocycles. The number of rotatable bonds is 39. The van der Waals surface area contributed by atoms with E-state index in [0.29, 0.717) is 56.7 Å². The molecule has 1 amide bonds. The zero-order chi connectivity index (χ0) is 40.6. The summed E-state index contributed by atoms with van der Waals surface area (Å²) in [6, 6.07) is 0. The van der Waals surface area contributed by atoms with Crippen LogP contribution in [-0.4, -0.2) is 111 Å². The lowest BCUT2D eigenvalue weighted by Gasteiger charge is -2.36. The topological polar surface area (TPSA) is 154 Å². The van der Waals surface area contributed by atoms with Crippen LogP contribution < -0.4 is 0 Å². The second kappa shape index (κ2) is 39.9. The van der Waals surface area contributed by atoms with Crippen molar-refractivity contribution in [1.29, 1.82) is 0 Å². The van der Waals surface area contributed by atoms with Gasteiger partial charge in [-0.2, -0.15) is 0 Å². The molecular weight excluding hydrogens is 709 g/mol. The number of hydrogen-bond donors (Lipinski definition) is 2. The maximum absolute atomic E-state index is 13.0. The molecule has 1 atom stereocenters. The lowest BCUT2D eigenvalue weighted by Crippen LogP contribution is -2.53. The Labute approximate surface area is 332 Å². The fourth-order valence-electron chi connectivity index (χ4n) is 6.61. The van der Waals surface area contributed by atoms with Gasteiger partial charge in [0, 0.05) is 19.4 Å². The summed E-state index contributed by atoms with van der Waals surface area (Å²) >= 11 is 0. The van der Waals surface area contributed by atoms with Crippen LogP contribution in [0.4, 0.5) is 0 Å². The number of unbranched alkanes of at least 4 members (excludes halogenated alkanes) is 24. The molecular formula is C42H86N2O9S. The predicted molar refractivity (Wildman–Crippen MR) is 220 cm³/mol. The highest BCUT2D eigenvalue weighted by atomic mass is 32.3. The van der Waals surface area contributed by atoms with Gasteiger partial charge in [-0.25, -0.2) is 8.42 Å².